The number of anilines is 1. The standard InChI is InChI=1S/C9H8ClNO3S/c10-7-1-3-8(4-2-7)11-9(12)5-6-15(11,13)14/h1-4H,5-6H2. The number of nitrogens with zero attached hydrogens (tertiary/aromatic N) is 1. The van der Waals surface area contributed by atoms with Gasteiger partial charge in [0.25, 0.3) is 0 Å². The van der Waals surface area contributed by atoms with Crippen LogP contribution in [0.15, 0.2) is 24.3 Å². The number of sulfonamides is 1. The molecule has 1 aromatic carbocycles. The predicted octanol–water partition coefficient (Wildman–Crippen LogP) is 1.41. The van der Waals surface area contributed by atoms with Crippen LogP contribution < -0.4 is 4.31 Å². The van der Waals surface area contributed by atoms with Gasteiger partial charge in [0.1, 0.15) is 0 Å². The van der Waals surface area contributed by atoms with E-state index in [1.165, 1.54) is 12.1 Å². The van der Waals surface area contributed by atoms with Gasteiger partial charge < -0.3 is 0 Å². The second-order valence-electron chi connectivity index (χ2n) is 3.20. The lowest BCUT2D eigenvalue weighted by atomic mass is 10.3. The first kappa shape index (κ1) is 10.4. The summed E-state index contributed by atoms with van der Waals surface area (Å²) in [6.07, 6.45) is 0.0466. The van der Waals surface area contributed by atoms with Crippen LogP contribution in [-0.2, 0) is 14.8 Å². The van der Waals surface area contributed by atoms with Crippen LogP contribution >= 0.6 is 11.6 Å². The topological polar surface area (TPSA) is 54.5 Å². The summed E-state index contributed by atoms with van der Waals surface area (Å²) in [5.41, 5.74) is 0.349. The molecule has 0 spiro atoms. The molecule has 0 bridgehead atoms. The SMILES string of the molecule is O=C1CCS(=O)(=O)N1c1ccc(Cl)cc1. The first-order chi connectivity index (χ1) is 7.00. The summed E-state index contributed by atoms with van der Waals surface area (Å²) in [7, 11) is -3.46. The Morgan fingerprint density at radius 3 is 2.27 bits per heavy atom. The molecule has 1 saturated heterocycles. The zero-order chi connectivity index (χ0) is 11.1. The number of rotatable bonds is 1. The van der Waals surface area contributed by atoms with Crippen LogP contribution in [0.5, 0.6) is 0 Å². The van der Waals surface area contributed by atoms with Gasteiger partial charge in [-0.3, -0.25) is 4.79 Å². The Kier molecular flexibility index (Phi) is 2.44. The molecular formula is C9H8ClNO3S. The Balaban J connectivity index is 2.46. The number of carbonyl (C=O) groups excluding carboxylic acids is 1. The van der Waals surface area contributed by atoms with Gasteiger partial charge >= 0.3 is 0 Å². The van der Waals surface area contributed by atoms with Gasteiger partial charge in [0.15, 0.2) is 0 Å². The zero-order valence-corrected chi connectivity index (χ0v) is 9.25. The van der Waals surface area contributed by atoms with Crippen LogP contribution in [0.2, 0.25) is 5.02 Å². The molecule has 80 valence electrons. The van der Waals surface area contributed by atoms with Crippen molar-refractivity contribution in [2.75, 3.05) is 10.1 Å². The van der Waals surface area contributed by atoms with E-state index in [1.807, 2.05) is 0 Å². The monoisotopic (exact) mass is 245 g/mol. The quantitative estimate of drug-likeness (QED) is 0.752. The maximum atomic E-state index is 11.5. The van der Waals surface area contributed by atoms with Gasteiger partial charge in [0.2, 0.25) is 15.9 Å². The number of benzene rings is 1. The molecule has 0 saturated carbocycles. The molecule has 1 amide bonds. The highest BCUT2D eigenvalue weighted by atomic mass is 35.5. The number of hydrogen-bond donors (Lipinski definition) is 0. The molecule has 4 nitrogen and oxygen atoms in total. The van der Waals surface area contributed by atoms with Crippen LogP contribution in [0.3, 0.4) is 0 Å². The Bertz CT molecular complexity index is 495. The maximum Gasteiger partial charge on any atom is 0.242 e. The average molecular weight is 246 g/mol. The van der Waals surface area contributed by atoms with Crippen LogP contribution in [-0.4, -0.2) is 20.1 Å². The predicted molar refractivity (Wildman–Crippen MR) is 57.3 cm³/mol. The van der Waals surface area contributed by atoms with Crippen LogP contribution in [0, 0.1) is 0 Å². The van der Waals surface area contributed by atoms with E-state index in [1.54, 1.807) is 12.1 Å². The van der Waals surface area contributed by atoms with Crippen LogP contribution in [0.4, 0.5) is 5.69 Å². The van der Waals surface area contributed by atoms with Gasteiger partial charge in [-0.2, -0.15) is 0 Å². The van der Waals surface area contributed by atoms with Crippen molar-refractivity contribution in [1.82, 2.24) is 0 Å². The van der Waals surface area contributed by atoms with Gasteiger partial charge in [0.05, 0.1) is 11.4 Å². The summed E-state index contributed by atoms with van der Waals surface area (Å²) in [6.45, 7) is 0. The molecule has 0 atom stereocenters. The molecular weight excluding hydrogens is 238 g/mol. The van der Waals surface area contributed by atoms with E-state index >= 15 is 0 Å². The van der Waals surface area contributed by atoms with E-state index in [-0.39, 0.29) is 12.2 Å². The van der Waals surface area contributed by atoms with Gasteiger partial charge in [-0.15, -0.1) is 0 Å². The van der Waals surface area contributed by atoms with E-state index in [2.05, 4.69) is 0 Å². The largest absolute Gasteiger partial charge is 0.273 e. The molecule has 0 radical (unpaired) electrons. The Morgan fingerprint density at radius 2 is 1.80 bits per heavy atom. The van der Waals surface area contributed by atoms with Crippen molar-refractivity contribution in [3.05, 3.63) is 29.3 Å². The van der Waals surface area contributed by atoms with Gasteiger partial charge in [-0.25, -0.2) is 12.7 Å². The second kappa shape index (κ2) is 3.50. The number of carbonyl (C=O) groups is 1. The third-order valence-electron chi connectivity index (χ3n) is 2.14. The molecule has 1 aromatic rings. The summed E-state index contributed by atoms with van der Waals surface area (Å²) < 4.78 is 23.9. The summed E-state index contributed by atoms with van der Waals surface area (Å²) in [5, 5.41) is 0.503. The van der Waals surface area contributed by atoms with Gasteiger partial charge in [-0.05, 0) is 24.3 Å². The zero-order valence-electron chi connectivity index (χ0n) is 7.68. The van der Waals surface area contributed by atoms with E-state index in [0.29, 0.717) is 10.7 Å². The van der Waals surface area contributed by atoms with E-state index in [9.17, 15) is 13.2 Å². The number of amides is 1. The van der Waals surface area contributed by atoms with E-state index in [0.717, 1.165) is 4.31 Å². The van der Waals surface area contributed by atoms with Gasteiger partial charge in [0, 0.05) is 11.4 Å². The van der Waals surface area contributed by atoms with Crippen molar-refractivity contribution < 1.29 is 13.2 Å². The first-order valence-electron chi connectivity index (χ1n) is 4.32. The van der Waals surface area contributed by atoms with E-state index in [4.69, 9.17) is 11.6 Å². The summed E-state index contributed by atoms with van der Waals surface area (Å²) >= 11 is 5.67. The lowest BCUT2D eigenvalue weighted by Crippen LogP contribution is -2.29. The second-order valence-corrected chi connectivity index (χ2v) is 5.57. The lowest BCUT2D eigenvalue weighted by molar-refractivity contribution is -0.116. The third-order valence-corrected chi connectivity index (χ3v) is 4.08. The lowest BCUT2D eigenvalue weighted by Gasteiger charge is -2.14. The fraction of sp³-hybridized carbons (Fsp3) is 0.222. The maximum absolute atomic E-state index is 11.5. The molecule has 0 unspecified atom stereocenters. The first-order valence-corrected chi connectivity index (χ1v) is 6.31. The van der Waals surface area contributed by atoms with Gasteiger partial charge in [-0.1, -0.05) is 11.6 Å². The molecule has 1 heterocycles. The van der Waals surface area contributed by atoms with Crippen molar-refractivity contribution in [3.63, 3.8) is 0 Å². The minimum Gasteiger partial charge on any atom is -0.273 e. The molecule has 1 aliphatic heterocycles. The van der Waals surface area contributed by atoms with Crippen molar-refractivity contribution >= 4 is 33.2 Å². The van der Waals surface area contributed by atoms with E-state index < -0.39 is 15.9 Å². The minimum absolute atomic E-state index is 0.0466. The third kappa shape index (κ3) is 1.85. The molecule has 15 heavy (non-hydrogen) atoms. The number of halogens is 1. The Hall–Kier alpha value is -1.07. The highest BCUT2D eigenvalue weighted by molar-refractivity contribution is 7.94. The van der Waals surface area contributed by atoms with Crippen molar-refractivity contribution in [2.24, 2.45) is 0 Å². The summed E-state index contributed by atoms with van der Waals surface area (Å²) in [4.78, 5) is 11.4. The molecule has 0 aliphatic carbocycles. The van der Waals surface area contributed by atoms with Crippen LogP contribution in [0.25, 0.3) is 0 Å². The molecule has 1 aliphatic rings. The average Bonchev–Trinajstić information content (AvgIpc) is 2.43. The number of hydrogen-bond acceptors (Lipinski definition) is 3. The summed E-state index contributed by atoms with van der Waals surface area (Å²) in [6, 6.07) is 6.14. The van der Waals surface area contributed by atoms with Crippen molar-refractivity contribution in [3.8, 4) is 0 Å². The molecule has 0 N–H and O–H groups in total. The van der Waals surface area contributed by atoms with Crippen molar-refractivity contribution in [2.45, 2.75) is 6.42 Å². The fourth-order valence-electron chi connectivity index (χ4n) is 1.45. The molecule has 6 heteroatoms. The molecule has 1 fully saturated rings. The smallest absolute Gasteiger partial charge is 0.242 e. The normalized spacial score (nSPS) is 19.5. The minimum atomic E-state index is -3.46. The highest BCUT2D eigenvalue weighted by Crippen LogP contribution is 2.25. The van der Waals surface area contributed by atoms with Crippen molar-refractivity contribution in [1.29, 1.82) is 0 Å². The fourth-order valence-corrected chi connectivity index (χ4v) is 3.03. The van der Waals surface area contributed by atoms with Crippen LogP contribution in [0.1, 0.15) is 6.42 Å². The summed E-state index contributed by atoms with van der Waals surface area (Å²) in [5.74, 6) is -0.508. The molecule has 2 rings (SSSR count). The highest BCUT2D eigenvalue weighted by Gasteiger charge is 2.35. The Morgan fingerprint density at radius 1 is 1.20 bits per heavy atom. The molecule has 0 aromatic heterocycles. The Labute approximate surface area is 92.5 Å².